The van der Waals surface area contributed by atoms with Crippen molar-refractivity contribution in [3.63, 3.8) is 0 Å². The van der Waals surface area contributed by atoms with E-state index in [2.05, 4.69) is 9.97 Å². The molecule has 20 heavy (non-hydrogen) atoms. The van der Waals surface area contributed by atoms with Crippen molar-refractivity contribution in [1.29, 1.82) is 0 Å². The van der Waals surface area contributed by atoms with Gasteiger partial charge in [0.1, 0.15) is 12.4 Å². The van der Waals surface area contributed by atoms with E-state index in [1.807, 2.05) is 6.92 Å². The SMILES string of the molecule is CCOC(=O)c1ccc(OCc2cnc(C)cn2)cc1. The van der Waals surface area contributed by atoms with Crippen molar-refractivity contribution in [1.82, 2.24) is 9.97 Å². The first-order chi connectivity index (χ1) is 9.69. The second kappa shape index (κ2) is 6.65. The lowest BCUT2D eigenvalue weighted by atomic mass is 10.2. The maximum Gasteiger partial charge on any atom is 0.338 e. The highest BCUT2D eigenvalue weighted by Crippen LogP contribution is 2.14. The lowest BCUT2D eigenvalue weighted by Gasteiger charge is -2.06. The molecule has 0 bridgehead atoms. The van der Waals surface area contributed by atoms with Crippen molar-refractivity contribution in [3.8, 4) is 5.75 Å². The number of aromatic nitrogens is 2. The fourth-order valence-corrected chi connectivity index (χ4v) is 1.55. The Morgan fingerprint density at radius 2 is 1.90 bits per heavy atom. The lowest BCUT2D eigenvalue weighted by Crippen LogP contribution is -2.04. The number of rotatable bonds is 5. The van der Waals surface area contributed by atoms with Crippen LogP contribution in [-0.2, 0) is 11.3 Å². The van der Waals surface area contributed by atoms with Gasteiger partial charge in [-0.1, -0.05) is 0 Å². The molecule has 2 rings (SSSR count). The van der Waals surface area contributed by atoms with Gasteiger partial charge in [-0.05, 0) is 38.1 Å². The average Bonchev–Trinajstić information content (AvgIpc) is 2.47. The fourth-order valence-electron chi connectivity index (χ4n) is 1.55. The van der Waals surface area contributed by atoms with Gasteiger partial charge in [-0.15, -0.1) is 0 Å². The molecule has 0 aliphatic rings. The number of hydrogen-bond donors (Lipinski definition) is 0. The van der Waals surface area contributed by atoms with E-state index in [1.54, 1.807) is 43.6 Å². The summed E-state index contributed by atoms with van der Waals surface area (Å²) >= 11 is 0. The minimum absolute atomic E-state index is 0.330. The molecule has 0 aliphatic heterocycles. The summed E-state index contributed by atoms with van der Waals surface area (Å²) in [5, 5.41) is 0. The van der Waals surface area contributed by atoms with Crippen molar-refractivity contribution in [2.45, 2.75) is 20.5 Å². The van der Waals surface area contributed by atoms with Crippen molar-refractivity contribution in [2.75, 3.05) is 6.61 Å². The van der Waals surface area contributed by atoms with E-state index in [0.717, 1.165) is 11.4 Å². The van der Waals surface area contributed by atoms with Gasteiger partial charge in [0.2, 0.25) is 0 Å². The Morgan fingerprint density at radius 1 is 1.15 bits per heavy atom. The summed E-state index contributed by atoms with van der Waals surface area (Å²) in [6.45, 7) is 4.36. The highest BCUT2D eigenvalue weighted by atomic mass is 16.5. The van der Waals surface area contributed by atoms with Crippen LogP contribution in [-0.4, -0.2) is 22.5 Å². The maximum absolute atomic E-state index is 11.5. The molecule has 5 heteroatoms. The van der Waals surface area contributed by atoms with E-state index in [4.69, 9.17) is 9.47 Å². The molecule has 0 amide bonds. The number of esters is 1. The highest BCUT2D eigenvalue weighted by Gasteiger charge is 2.06. The zero-order chi connectivity index (χ0) is 14.4. The third kappa shape index (κ3) is 3.78. The number of carbonyl (C=O) groups excluding carboxylic acids is 1. The molecule has 1 aromatic heterocycles. The quantitative estimate of drug-likeness (QED) is 0.783. The molecular formula is C15H16N2O3. The molecule has 2 aromatic rings. The molecule has 0 unspecified atom stereocenters. The molecular weight excluding hydrogens is 256 g/mol. The predicted octanol–water partition coefficient (Wildman–Crippen LogP) is 2.54. The van der Waals surface area contributed by atoms with Gasteiger partial charge in [-0.25, -0.2) is 4.79 Å². The number of hydrogen-bond acceptors (Lipinski definition) is 5. The summed E-state index contributed by atoms with van der Waals surface area (Å²) in [5.74, 6) is 0.337. The largest absolute Gasteiger partial charge is 0.487 e. The van der Waals surface area contributed by atoms with Gasteiger partial charge < -0.3 is 9.47 Å². The summed E-state index contributed by atoms with van der Waals surface area (Å²) in [5.41, 5.74) is 2.13. The minimum atomic E-state index is -0.330. The molecule has 0 radical (unpaired) electrons. The smallest absolute Gasteiger partial charge is 0.338 e. The average molecular weight is 272 g/mol. The minimum Gasteiger partial charge on any atom is -0.487 e. The lowest BCUT2D eigenvalue weighted by molar-refractivity contribution is 0.0526. The molecule has 5 nitrogen and oxygen atoms in total. The predicted molar refractivity (Wildman–Crippen MR) is 73.5 cm³/mol. The van der Waals surface area contributed by atoms with Crippen LogP contribution in [0.15, 0.2) is 36.7 Å². The zero-order valence-electron chi connectivity index (χ0n) is 11.5. The summed E-state index contributed by atoms with van der Waals surface area (Å²) in [7, 11) is 0. The van der Waals surface area contributed by atoms with Gasteiger partial charge in [0.25, 0.3) is 0 Å². The first-order valence-corrected chi connectivity index (χ1v) is 6.36. The van der Waals surface area contributed by atoms with Crippen molar-refractivity contribution in [3.05, 3.63) is 53.6 Å². The van der Waals surface area contributed by atoms with Crippen molar-refractivity contribution in [2.24, 2.45) is 0 Å². The number of ether oxygens (including phenoxy) is 2. The molecule has 0 aliphatic carbocycles. The third-order valence-electron chi connectivity index (χ3n) is 2.59. The van der Waals surface area contributed by atoms with Crippen LogP contribution >= 0.6 is 0 Å². The maximum atomic E-state index is 11.5. The van der Waals surface area contributed by atoms with E-state index in [-0.39, 0.29) is 5.97 Å². The van der Waals surface area contributed by atoms with Gasteiger partial charge in [-0.2, -0.15) is 0 Å². The molecule has 0 saturated heterocycles. The number of carbonyl (C=O) groups is 1. The summed E-state index contributed by atoms with van der Waals surface area (Å²) in [6.07, 6.45) is 3.38. The molecule has 0 N–H and O–H groups in total. The van der Waals surface area contributed by atoms with E-state index < -0.39 is 0 Å². The third-order valence-corrected chi connectivity index (χ3v) is 2.59. The Bertz CT molecular complexity index is 565. The number of aryl methyl sites for hydroxylation is 1. The standard InChI is InChI=1S/C15H16N2O3/c1-3-19-15(18)12-4-6-14(7-5-12)20-10-13-9-16-11(2)8-17-13/h4-9H,3,10H2,1-2H3. The van der Waals surface area contributed by atoms with Crippen LogP contribution in [0, 0.1) is 6.92 Å². The Kier molecular flexibility index (Phi) is 4.65. The van der Waals surface area contributed by atoms with Crippen LogP contribution in [0.4, 0.5) is 0 Å². The molecule has 0 fully saturated rings. The van der Waals surface area contributed by atoms with Crippen molar-refractivity contribution < 1.29 is 14.3 Å². The van der Waals surface area contributed by atoms with Gasteiger partial charge in [-0.3, -0.25) is 9.97 Å². The number of nitrogens with zero attached hydrogens (tertiary/aromatic N) is 2. The van der Waals surface area contributed by atoms with Crippen LogP contribution < -0.4 is 4.74 Å². The Hall–Kier alpha value is -2.43. The second-order valence-electron chi connectivity index (χ2n) is 4.18. The Morgan fingerprint density at radius 3 is 2.50 bits per heavy atom. The molecule has 0 saturated carbocycles. The van der Waals surface area contributed by atoms with E-state index in [1.165, 1.54) is 0 Å². The fraction of sp³-hybridized carbons (Fsp3) is 0.267. The van der Waals surface area contributed by atoms with E-state index in [9.17, 15) is 4.79 Å². The van der Waals surface area contributed by atoms with Gasteiger partial charge in [0.05, 0.1) is 29.8 Å². The molecule has 104 valence electrons. The molecule has 0 atom stereocenters. The van der Waals surface area contributed by atoms with Gasteiger partial charge in [0, 0.05) is 6.20 Å². The molecule has 1 aromatic carbocycles. The monoisotopic (exact) mass is 272 g/mol. The van der Waals surface area contributed by atoms with Crippen LogP contribution in [0.25, 0.3) is 0 Å². The normalized spacial score (nSPS) is 10.1. The summed E-state index contributed by atoms with van der Waals surface area (Å²) in [4.78, 5) is 19.8. The number of benzene rings is 1. The zero-order valence-corrected chi connectivity index (χ0v) is 11.5. The molecule has 1 heterocycles. The van der Waals surface area contributed by atoms with Gasteiger partial charge >= 0.3 is 5.97 Å². The van der Waals surface area contributed by atoms with Crippen molar-refractivity contribution >= 4 is 5.97 Å². The Labute approximate surface area is 117 Å². The second-order valence-corrected chi connectivity index (χ2v) is 4.18. The van der Waals surface area contributed by atoms with Gasteiger partial charge in [0.15, 0.2) is 0 Å². The van der Waals surface area contributed by atoms with Crippen LogP contribution in [0.5, 0.6) is 5.75 Å². The van der Waals surface area contributed by atoms with Crippen LogP contribution in [0.2, 0.25) is 0 Å². The summed E-state index contributed by atoms with van der Waals surface area (Å²) < 4.78 is 10.5. The van der Waals surface area contributed by atoms with Crippen LogP contribution in [0.1, 0.15) is 28.7 Å². The van der Waals surface area contributed by atoms with E-state index in [0.29, 0.717) is 24.5 Å². The van der Waals surface area contributed by atoms with E-state index >= 15 is 0 Å². The topological polar surface area (TPSA) is 61.3 Å². The Balaban J connectivity index is 1.93. The first-order valence-electron chi connectivity index (χ1n) is 6.36. The molecule has 0 spiro atoms. The van der Waals surface area contributed by atoms with Crippen LogP contribution in [0.3, 0.4) is 0 Å². The summed E-state index contributed by atoms with van der Waals surface area (Å²) in [6, 6.07) is 6.81. The highest BCUT2D eigenvalue weighted by molar-refractivity contribution is 5.89. The first kappa shape index (κ1) is 14.0.